The maximum Gasteiger partial charge on any atom is 0.239 e. The van der Waals surface area contributed by atoms with Gasteiger partial charge in [-0.15, -0.1) is 0 Å². The summed E-state index contributed by atoms with van der Waals surface area (Å²) in [6, 6.07) is -0.282. The number of methoxy groups -OCH3 is 1. The Kier molecular flexibility index (Phi) is 3.49. The van der Waals surface area contributed by atoms with Crippen LogP contribution in [0.5, 0.6) is 0 Å². The van der Waals surface area contributed by atoms with Crippen molar-refractivity contribution in [3.8, 4) is 0 Å². The number of ether oxygens (including phenoxy) is 1. The highest BCUT2D eigenvalue weighted by atomic mass is 16.5. The van der Waals surface area contributed by atoms with Crippen molar-refractivity contribution in [3.63, 3.8) is 0 Å². The first kappa shape index (κ1) is 9.48. The molecular formula is C8H16N2O2. The van der Waals surface area contributed by atoms with Crippen molar-refractivity contribution in [1.82, 2.24) is 4.90 Å². The third kappa shape index (κ3) is 2.19. The Hall–Kier alpha value is -0.610. The van der Waals surface area contributed by atoms with E-state index in [0.29, 0.717) is 13.2 Å². The number of nitrogens with zero attached hydrogens (tertiary/aromatic N) is 1. The Bertz CT molecular complexity index is 161. The summed E-state index contributed by atoms with van der Waals surface area (Å²) in [6.07, 6.45) is 1.83. The van der Waals surface area contributed by atoms with E-state index in [1.807, 2.05) is 0 Å². The number of carbonyl (C=O) groups is 1. The molecule has 1 atom stereocenters. The third-order valence-electron chi connectivity index (χ3n) is 2.14. The van der Waals surface area contributed by atoms with Crippen molar-refractivity contribution in [2.75, 3.05) is 26.8 Å². The number of carbonyl (C=O) groups excluding carboxylic acids is 1. The molecule has 2 N–H and O–H groups in total. The van der Waals surface area contributed by atoms with Crippen molar-refractivity contribution < 1.29 is 9.53 Å². The predicted molar refractivity (Wildman–Crippen MR) is 45.7 cm³/mol. The number of piperidine rings is 1. The van der Waals surface area contributed by atoms with Crippen molar-refractivity contribution in [3.05, 3.63) is 0 Å². The second-order valence-corrected chi connectivity index (χ2v) is 3.07. The van der Waals surface area contributed by atoms with Gasteiger partial charge in [0.2, 0.25) is 5.91 Å². The third-order valence-corrected chi connectivity index (χ3v) is 2.14. The van der Waals surface area contributed by atoms with Gasteiger partial charge in [-0.1, -0.05) is 0 Å². The van der Waals surface area contributed by atoms with Crippen molar-refractivity contribution in [1.29, 1.82) is 0 Å². The Morgan fingerprint density at radius 2 is 2.50 bits per heavy atom. The van der Waals surface area contributed by atoms with Gasteiger partial charge in [0, 0.05) is 20.2 Å². The standard InChI is InChI=1S/C8H16N2O2/c1-12-6-5-10-4-2-3-7(9)8(10)11/h7H,2-6,9H2,1H3. The van der Waals surface area contributed by atoms with Gasteiger partial charge in [-0.2, -0.15) is 0 Å². The second kappa shape index (κ2) is 4.42. The largest absolute Gasteiger partial charge is 0.383 e. The quantitative estimate of drug-likeness (QED) is 0.629. The van der Waals surface area contributed by atoms with E-state index in [2.05, 4.69) is 0 Å². The summed E-state index contributed by atoms with van der Waals surface area (Å²) in [7, 11) is 1.63. The van der Waals surface area contributed by atoms with Gasteiger partial charge in [0.1, 0.15) is 0 Å². The molecule has 0 aromatic rings. The van der Waals surface area contributed by atoms with E-state index >= 15 is 0 Å². The Labute approximate surface area is 72.7 Å². The van der Waals surface area contributed by atoms with Crippen molar-refractivity contribution in [2.45, 2.75) is 18.9 Å². The zero-order valence-electron chi connectivity index (χ0n) is 7.45. The van der Waals surface area contributed by atoms with Gasteiger partial charge in [-0.3, -0.25) is 4.79 Å². The fourth-order valence-corrected chi connectivity index (χ4v) is 1.39. The molecule has 0 radical (unpaired) electrons. The molecular weight excluding hydrogens is 156 g/mol. The number of hydrogen-bond donors (Lipinski definition) is 1. The van der Waals surface area contributed by atoms with Crippen molar-refractivity contribution in [2.24, 2.45) is 5.73 Å². The summed E-state index contributed by atoms with van der Waals surface area (Å²) in [5.74, 6) is 0.0679. The van der Waals surface area contributed by atoms with Crippen LogP contribution in [-0.2, 0) is 9.53 Å². The molecule has 0 aliphatic carbocycles. The highest BCUT2D eigenvalue weighted by Crippen LogP contribution is 2.08. The first-order valence-corrected chi connectivity index (χ1v) is 4.29. The van der Waals surface area contributed by atoms with Crippen LogP contribution in [0, 0.1) is 0 Å². The van der Waals surface area contributed by atoms with E-state index < -0.39 is 0 Å². The van der Waals surface area contributed by atoms with Crippen LogP contribution in [-0.4, -0.2) is 43.7 Å². The molecule has 0 aromatic carbocycles. The summed E-state index contributed by atoms with van der Waals surface area (Å²) in [5, 5.41) is 0. The second-order valence-electron chi connectivity index (χ2n) is 3.07. The average molecular weight is 172 g/mol. The first-order valence-electron chi connectivity index (χ1n) is 4.29. The molecule has 70 valence electrons. The van der Waals surface area contributed by atoms with E-state index in [4.69, 9.17) is 10.5 Å². The Morgan fingerprint density at radius 1 is 1.75 bits per heavy atom. The normalized spacial score (nSPS) is 24.7. The minimum atomic E-state index is -0.282. The van der Waals surface area contributed by atoms with Gasteiger partial charge in [-0.25, -0.2) is 0 Å². The lowest BCUT2D eigenvalue weighted by Crippen LogP contribution is -2.49. The number of rotatable bonds is 3. The maximum atomic E-state index is 11.4. The Morgan fingerprint density at radius 3 is 3.17 bits per heavy atom. The molecule has 0 saturated carbocycles. The van der Waals surface area contributed by atoms with Gasteiger partial charge in [0.25, 0.3) is 0 Å². The van der Waals surface area contributed by atoms with E-state index in [0.717, 1.165) is 19.4 Å². The van der Waals surface area contributed by atoms with Gasteiger partial charge < -0.3 is 15.4 Å². The monoisotopic (exact) mass is 172 g/mol. The molecule has 1 aliphatic rings. The molecule has 1 saturated heterocycles. The molecule has 1 heterocycles. The van der Waals surface area contributed by atoms with E-state index in [1.165, 1.54) is 0 Å². The van der Waals surface area contributed by atoms with Crippen LogP contribution in [0.3, 0.4) is 0 Å². The van der Waals surface area contributed by atoms with Gasteiger partial charge in [0.05, 0.1) is 12.6 Å². The molecule has 0 spiro atoms. The molecule has 1 unspecified atom stereocenters. The fourth-order valence-electron chi connectivity index (χ4n) is 1.39. The van der Waals surface area contributed by atoms with Crippen LogP contribution < -0.4 is 5.73 Å². The zero-order chi connectivity index (χ0) is 8.97. The van der Waals surface area contributed by atoms with E-state index in [-0.39, 0.29) is 11.9 Å². The summed E-state index contributed by atoms with van der Waals surface area (Å²) in [5.41, 5.74) is 5.61. The van der Waals surface area contributed by atoms with Gasteiger partial charge in [-0.05, 0) is 12.8 Å². The fraction of sp³-hybridized carbons (Fsp3) is 0.875. The highest BCUT2D eigenvalue weighted by Gasteiger charge is 2.24. The van der Waals surface area contributed by atoms with Crippen LogP contribution >= 0.6 is 0 Å². The smallest absolute Gasteiger partial charge is 0.239 e. The molecule has 1 amide bonds. The molecule has 4 nitrogen and oxygen atoms in total. The molecule has 0 aromatic heterocycles. The number of hydrogen-bond acceptors (Lipinski definition) is 3. The average Bonchev–Trinajstić information content (AvgIpc) is 2.08. The predicted octanol–water partition coefficient (Wildman–Crippen LogP) is -0.417. The van der Waals surface area contributed by atoms with E-state index in [1.54, 1.807) is 12.0 Å². The lowest BCUT2D eigenvalue weighted by atomic mass is 10.1. The van der Waals surface area contributed by atoms with Crippen LogP contribution in [0.2, 0.25) is 0 Å². The Balaban J connectivity index is 2.36. The SMILES string of the molecule is COCCN1CCCC(N)C1=O. The molecule has 1 fully saturated rings. The van der Waals surface area contributed by atoms with Gasteiger partial charge in [0.15, 0.2) is 0 Å². The maximum absolute atomic E-state index is 11.4. The zero-order valence-corrected chi connectivity index (χ0v) is 7.45. The van der Waals surface area contributed by atoms with Gasteiger partial charge >= 0.3 is 0 Å². The van der Waals surface area contributed by atoms with Crippen LogP contribution in [0.4, 0.5) is 0 Å². The molecule has 1 aliphatic heterocycles. The summed E-state index contributed by atoms with van der Waals surface area (Å²) in [6.45, 7) is 2.09. The minimum Gasteiger partial charge on any atom is -0.383 e. The summed E-state index contributed by atoms with van der Waals surface area (Å²) in [4.78, 5) is 13.2. The lowest BCUT2D eigenvalue weighted by molar-refractivity contribution is -0.135. The summed E-state index contributed by atoms with van der Waals surface area (Å²) >= 11 is 0. The lowest BCUT2D eigenvalue weighted by Gasteiger charge is -2.30. The molecule has 1 rings (SSSR count). The minimum absolute atomic E-state index is 0.0679. The first-order chi connectivity index (χ1) is 5.75. The number of nitrogens with two attached hydrogens (primary N) is 1. The summed E-state index contributed by atoms with van der Waals surface area (Å²) < 4.78 is 4.89. The molecule has 12 heavy (non-hydrogen) atoms. The van der Waals surface area contributed by atoms with Crippen LogP contribution in [0.15, 0.2) is 0 Å². The topological polar surface area (TPSA) is 55.6 Å². The highest BCUT2D eigenvalue weighted by molar-refractivity contribution is 5.82. The molecule has 0 bridgehead atoms. The van der Waals surface area contributed by atoms with E-state index in [9.17, 15) is 4.79 Å². The van der Waals surface area contributed by atoms with Crippen LogP contribution in [0.1, 0.15) is 12.8 Å². The van der Waals surface area contributed by atoms with Crippen LogP contribution in [0.25, 0.3) is 0 Å². The number of amides is 1. The van der Waals surface area contributed by atoms with Crippen molar-refractivity contribution >= 4 is 5.91 Å². The number of likely N-dealkylation sites (tertiary alicyclic amines) is 1. The molecule has 4 heteroatoms.